The van der Waals surface area contributed by atoms with Crippen LogP contribution in [0, 0.1) is 0 Å². The van der Waals surface area contributed by atoms with Crippen LogP contribution in [0.15, 0.2) is 29.2 Å². The van der Waals surface area contributed by atoms with Crippen molar-refractivity contribution in [2.75, 3.05) is 17.1 Å². The third kappa shape index (κ3) is 2.51. The molecule has 5 nitrogen and oxygen atoms in total. The lowest BCUT2D eigenvalue weighted by Gasteiger charge is -2.06. The Morgan fingerprint density at radius 1 is 1.20 bits per heavy atom. The van der Waals surface area contributed by atoms with Crippen molar-refractivity contribution in [3.63, 3.8) is 0 Å². The number of rotatable bonds is 4. The SMILES string of the molecule is CNc1ccc(S(=O)(=O)Nc2nc3c(s2)CCC3)cc1. The normalized spacial score (nSPS) is 14.1. The maximum atomic E-state index is 12.3. The van der Waals surface area contributed by atoms with Crippen molar-refractivity contribution in [2.45, 2.75) is 24.2 Å². The maximum Gasteiger partial charge on any atom is 0.263 e. The van der Waals surface area contributed by atoms with Crippen LogP contribution in [0.25, 0.3) is 0 Å². The second kappa shape index (κ2) is 5.06. The highest BCUT2D eigenvalue weighted by molar-refractivity contribution is 7.93. The highest BCUT2D eigenvalue weighted by atomic mass is 32.2. The van der Waals surface area contributed by atoms with Crippen molar-refractivity contribution in [1.82, 2.24) is 4.98 Å². The number of sulfonamides is 1. The maximum absolute atomic E-state index is 12.3. The van der Waals surface area contributed by atoms with E-state index >= 15 is 0 Å². The molecule has 0 aliphatic heterocycles. The lowest BCUT2D eigenvalue weighted by atomic mass is 10.3. The Kier molecular flexibility index (Phi) is 3.39. The lowest BCUT2D eigenvalue weighted by molar-refractivity contribution is 0.601. The summed E-state index contributed by atoms with van der Waals surface area (Å²) in [4.78, 5) is 5.80. The van der Waals surface area contributed by atoms with E-state index in [4.69, 9.17) is 0 Å². The van der Waals surface area contributed by atoms with Crippen LogP contribution in [0.5, 0.6) is 0 Å². The van der Waals surface area contributed by atoms with Gasteiger partial charge in [-0.3, -0.25) is 4.72 Å². The van der Waals surface area contributed by atoms with E-state index in [2.05, 4.69) is 15.0 Å². The zero-order valence-corrected chi connectivity index (χ0v) is 12.6. The van der Waals surface area contributed by atoms with Crippen LogP contribution in [-0.4, -0.2) is 20.4 Å². The molecule has 106 valence electrons. The summed E-state index contributed by atoms with van der Waals surface area (Å²) in [7, 11) is -1.77. The smallest absolute Gasteiger partial charge is 0.263 e. The Bertz CT molecular complexity index is 699. The Morgan fingerprint density at radius 3 is 2.60 bits per heavy atom. The molecule has 0 radical (unpaired) electrons. The van der Waals surface area contributed by atoms with Crippen LogP contribution in [0.1, 0.15) is 17.0 Å². The molecule has 2 N–H and O–H groups in total. The molecule has 3 rings (SSSR count). The van der Waals surface area contributed by atoms with E-state index in [0.29, 0.717) is 5.13 Å². The molecular weight excluding hydrogens is 294 g/mol. The largest absolute Gasteiger partial charge is 0.388 e. The zero-order chi connectivity index (χ0) is 14.2. The van der Waals surface area contributed by atoms with Crippen LogP contribution in [0.4, 0.5) is 10.8 Å². The average Bonchev–Trinajstić information content (AvgIpc) is 2.99. The minimum absolute atomic E-state index is 0.242. The number of hydrogen-bond acceptors (Lipinski definition) is 5. The number of aryl methyl sites for hydroxylation is 2. The van der Waals surface area contributed by atoms with Gasteiger partial charge in [-0.25, -0.2) is 13.4 Å². The molecule has 0 saturated carbocycles. The number of thiazole rings is 1. The highest BCUT2D eigenvalue weighted by Crippen LogP contribution is 2.31. The van der Waals surface area contributed by atoms with Crippen LogP contribution in [0.2, 0.25) is 0 Å². The van der Waals surface area contributed by atoms with Gasteiger partial charge >= 0.3 is 0 Å². The summed E-state index contributed by atoms with van der Waals surface area (Å²) < 4.78 is 27.1. The number of benzene rings is 1. The van der Waals surface area contributed by atoms with E-state index in [1.165, 1.54) is 16.2 Å². The van der Waals surface area contributed by atoms with Crippen molar-refractivity contribution in [3.05, 3.63) is 34.8 Å². The molecule has 1 aliphatic carbocycles. The minimum atomic E-state index is -3.56. The van der Waals surface area contributed by atoms with Crippen LogP contribution in [0.3, 0.4) is 0 Å². The predicted molar refractivity (Wildman–Crippen MR) is 80.9 cm³/mol. The number of hydrogen-bond donors (Lipinski definition) is 2. The van der Waals surface area contributed by atoms with Gasteiger partial charge in [0, 0.05) is 17.6 Å². The van der Waals surface area contributed by atoms with Crippen LogP contribution >= 0.6 is 11.3 Å². The predicted octanol–water partition coefficient (Wildman–Crippen LogP) is 2.47. The van der Waals surface area contributed by atoms with Crippen molar-refractivity contribution in [2.24, 2.45) is 0 Å². The first kappa shape index (κ1) is 13.4. The molecule has 1 aromatic carbocycles. The molecule has 1 heterocycles. The number of anilines is 2. The second-order valence-electron chi connectivity index (χ2n) is 4.62. The summed E-state index contributed by atoms with van der Waals surface area (Å²) in [6.07, 6.45) is 3.07. The summed E-state index contributed by atoms with van der Waals surface area (Å²) >= 11 is 1.44. The molecule has 0 fully saturated rings. The molecule has 1 aliphatic rings. The molecule has 20 heavy (non-hydrogen) atoms. The molecule has 0 saturated heterocycles. The Hall–Kier alpha value is -1.60. The first-order valence-electron chi connectivity index (χ1n) is 6.38. The monoisotopic (exact) mass is 309 g/mol. The molecule has 0 spiro atoms. The van der Waals surface area contributed by atoms with E-state index in [9.17, 15) is 8.42 Å². The molecular formula is C13H15N3O2S2. The van der Waals surface area contributed by atoms with Gasteiger partial charge in [-0.1, -0.05) is 0 Å². The number of aromatic nitrogens is 1. The highest BCUT2D eigenvalue weighted by Gasteiger charge is 2.20. The summed E-state index contributed by atoms with van der Waals surface area (Å²) in [5.74, 6) is 0. The average molecular weight is 309 g/mol. The fourth-order valence-corrected chi connectivity index (χ4v) is 4.49. The van der Waals surface area contributed by atoms with E-state index < -0.39 is 10.0 Å². The Labute approximate surface area is 122 Å². The minimum Gasteiger partial charge on any atom is -0.388 e. The Morgan fingerprint density at radius 2 is 1.95 bits per heavy atom. The second-order valence-corrected chi connectivity index (χ2v) is 7.39. The lowest BCUT2D eigenvalue weighted by Crippen LogP contribution is -2.12. The third-order valence-corrected chi connectivity index (χ3v) is 5.83. The van der Waals surface area contributed by atoms with Crippen molar-refractivity contribution < 1.29 is 8.42 Å². The first-order valence-corrected chi connectivity index (χ1v) is 8.68. The van der Waals surface area contributed by atoms with Crippen molar-refractivity contribution >= 4 is 32.2 Å². The van der Waals surface area contributed by atoms with Gasteiger partial charge in [-0.15, -0.1) is 11.3 Å². The quantitative estimate of drug-likeness (QED) is 0.910. The summed E-state index contributed by atoms with van der Waals surface area (Å²) in [5, 5.41) is 3.42. The van der Waals surface area contributed by atoms with Gasteiger partial charge in [0.25, 0.3) is 10.0 Å². The van der Waals surface area contributed by atoms with E-state index in [1.54, 1.807) is 31.3 Å². The van der Waals surface area contributed by atoms with Gasteiger partial charge in [0.15, 0.2) is 5.13 Å². The number of fused-ring (bicyclic) bond motifs is 1. The zero-order valence-electron chi connectivity index (χ0n) is 11.0. The molecule has 1 aromatic heterocycles. The first-order chi connectivity index (χ1) is 9.58. The van der Waals surface area contributed by atoms with Gasteiger partial charge in [-0.2, -0.15) is 0 Å². The van der Waals surface area contributed by atoms with Gasteiger partial charge in [0.05, 0.1) is 10.6 Å². The standard InChI is InChI=1S/C13H15N3O2S2/c1-14-9-5-7-10(8-6-9)20(17,18)16-13-15-11-3-2-4-12(11)19-13/h5-8,14H,2-4H2,1H3,(H,15,16). The van der Waals surface area contributed by atoms with E-state index in [-0.39, 0.29) is 4.90 Å². The van der Waals surface area contributed by atoms with Gasteiger partial charge < -0.3 is 5.32 Å². The summed E-state index contributed by atoms with van der Waals surface area (Å²) in [5.41, 5.74) is 1.91. The summed E-state index contributed by atoms with van der Waals surface area (Å²) in [6.45, 7) is 0. The number of nitrogens with one attached hydrogen (secondary N) is 2. The molecule has 0 bridgehead atoms. The van der Waals surface area contributed by atoms with Crippen molar-refractivity contribution in [1.29, 1.82) is 0 Å². The molecule has 0 atom stereocenters. The van der Waals surface area contributed by atoms with Crippen LogP contribution in [-0.2, 0) is 22.9 Å². The van der Waals surface area contributed by atoms with E-state index in [0.717, 1.165) is 30.6 Å². The fraction of sp³-hybridized carbons (Fsp3) is 0.308. The molecule has 7 heteroatoms. The molecule has 2 aromatic rings. The molecule has 0 amide bonds. The van der Waals surface area contributed by atoms with Gasteiger partial charge in [-0.05, 0) is 43.5 Å². The van der Waals surface area contributed by atoms with Crippen molar-refractivity contribution in [3.8, 4) is 0 Å². The number of nitrogens with zero attached hydrogens (tertiary/aromatic N) is 1. The summed E-state index contributed by atoms with van der Waals surface area (Å²) in [6, 6.07) is 6.62. The van der Waals surface area contributed by atoms with Gasteiger partial charge in [0.1, 0.15) is 0 Å². The third-order valence-electron chi connectivity index (χ3n) is 3.27. The van der Waals surface area contributed by atoms with E-state index in [1.807, 2.05) is 0 Å². The fourth-order valence-electron chi connectivity index (χ4n) is 2.21. The molecule has 0 unspecified atom stereocenters. The topological polar surface area (TPSA) is 71.1 Å². The van der Waals surface area contributed by atoms with Crippen LogP contribution < -0.4 is 10.0 Å². The van der Waals surface area contributed by atoms with Gasteiger partial charge in [0.2, 0.25) is 0 Å². The Balaban J connectivity index is 1.83.